The number of carbonyl (C=O) groups is 1. The van der Waals surface area contributed by atoms with Gasteiger partial charge in [0, 0.05) is 25.6 Å². The average Bonchev–Trinajstić information content (AvgIpc) is 2.95. The summed E-state index contributed by atoms with van der Waals surface area (Å²) in [5.41, 5.74) is 1.63. The van der Waals surface area contributed by atoms with Crippen LogP contribution in [-0.2, 0) is 17.9 Å². The summed E-state index contributed by atoms with van der Waals surface area (Å²) in [4.78, 5) is 24.8. The van der Waals surface area contributed by atoms with Crippen molar-refractivity contribution in [3.63, 3.8) is 0 Å². The van der Waals surface area contributed by atoms with Gasteiger partial charge in [-0.05, 0) is 30.7 Å². The molecule has 0 bridgehead atoms. The van der Waals surface area contributed by atoms with Gasteiger partial charge < -0.3 is 10.1 Å². The number of ether oxygens (including phenoxy) is 1. The van der Waals surface area contributed by atoms with Crippen molar-refractivity contribution in [2.75, 3.05) is 13.2 Å². The Morgan fingerprint density at radius 2 is 1.79 bits per heavy atom. The Morgan fingerprint density at radius 3 is 2.46 bits per heavy atom. The quantitative estimate of drug-likeness (QED) is 0.576. The van der Waals surface area contributed by atoms with Gasteiger partial charge in [-0.1, -0.05) is 25.1 Å². The largest absolute Gasteiger partial charge is 0.492 e. The van der Waals surface area contributed by atoms with Gasteiger partial charge in [-0.2, -0.15) is 0 Å². The third-order valence-corrected chi connectivity index (χ3v) is 4.42. The molecule has 1 heterocycles. The van der Waals surface area contributed by atoms with E-state index in [1.54, 1.807) is 21.3 Å². The van der Waals surface area contributed by atoms with Crippen LogP contribution in [0.5, 0.6) is 5.75 Å². The number of fused-ring (bicyclic) bond motifs is 1. The molecule has 28 heavy (non-hydrogen) atoms. The minimum Gasteiger partial charge on any atom is -0.492 e. The second-order valence-corrected chi connectivity index (χ2v) is 6.48. The lowest BCUT2D eigenvalue weighted by atomic mass is 10.3. The van der Waals surface area contributed by atoms with Crippen LogP contribution in [0.1, 0.15) is 19.8 Å². The second-order valence-electron chi connectivity index (χ2n) is 6.48. The van der Waals surface area contributed by atoms with Crippen LogP contribution in [0, 0.1) is 5.82 Å². The van der Waals surface area contributed by atoms with E-state index in [1.165, 1.54) is 12.1 Å². The molecule has 0 saturated carbocycles. The highest BCUT2D eigenvalue weighted by Gasteiger charge is 2.13. The number of hydrogen-bond donors (Lipinski definition) is 1. The number of rotatable bonds is 9. The summed E-state index contributed by atoms with van der Waals surface area (Å²) < 4.78 is 21.9. The number of hydrogen-bond acceptors (Lipinski definition) is 3. The fourth-order valence-corrected chi connectivity index (χ4v) is 3.15. The summed E-state index contributed by atoms with van der Waals surface area (Å²) in [5, 5.41) is 2.76. The van der Waals surface area contributed by atoms with E-state index in [0.717, 1.165) is 17.5 Å². The first-order valence-electron chi connectivity index (χ1n) is 9.43. The van der Waals surface area contributed by atoms with Gasteiger partial charge in [-0.15, -0.1) is 0 Å². The van der Waals surface area contributed by atoms with Crippen molar-refractivity contribution in [1.29, 1.82) is 0 Å². The zero-order chi connectivity index (χ0) is 19.9. The van der Waals surface area contributed by atoms with Crippen LogP contribution in [0.2, 0.25) is 0 Å². The fourth-order valence-electron chi connectivity index (χ4n) is 3.15. The molecule has 0 aliphatic heterocycles. The van der Waals surface area contributed by atoms with E-state index in [4.69, 9.17) is 4.74 Å². The number of amides is 1. The SMILES string of the molecule is CCCn1c(=O)n(CCC(=O)NCCOc2cccc(F)c2)c2ccccc21. The van der Waals surface area contributed by atoms with Gasteiger partial charge in [0.2, 0.25) is 5.91 Å². The molecule has 3 rings (SSSR count). The summed E-state index contributed by atoms with van der Waals surface area (Å²) in [6.07, 6.45) is 1.06. The van der Waals surface area contributed by atoms with Crippen molar-refractivity contribution in [2.45, 2.75) is 32.9 Å². The van der Waals surface area contributed by atoms with Crippen molar-refractivity contribution in [3.8, 4) is 5.75 Å². The average molecular weight is 385 g/mol. The summed E-state index contributed by atoms with van der Waals surface area (Å²) in [6, 6.07) is 13.5. The maximum Gasteiger partial charge on any atom is 0.329 e. The van der Waals surface area contributed by atoms with Gasteiger partial charge in [-0.25, -0.2) is 9.18 Å². The Morgan fingerprint density at radius 1 is 1.07 bits per heavy atom. The standard InChI is InChI=1S/C21H24FN3O3/c1-2-12-24-18-8-3-4-9-19(18)25(21(24)27)13-10-20(26)23-11-14-28-17-7-5-6-16(22)15-17/h3-9,15H,2,10-14H2,1H3,(H,23,26). The van der Waals surface area contributed by atoms with Crippen molar-refractivity contribution in [2.24, 2.45) is 0 Å². The van der Waals surface area contributed by atoms with Crippen LogP contribution in [0.25, 0.3) is 11.0 Å². The molecule has 148 valence electrons. The van der Waals surface area contributed by atoms with Crippen LogP contribution in [0.15, 0.2) is 53.3 Å². The number of imidazole rings is 1. The molecule has 0 spiro atoms. The molecule has 0 aliphatic rings. The van der Waals surface area contributed by atoms with E-state index >= 15 is 0 Å². The van der Waals surface area contributed by atoms with Crippen molar-refractivity contribution < 1.29 is 13.9 Å². The van der Waals surface area contributed by atoms with Crippen LogP contribution in [0.3, 0.4) is 0 Å². The molecule has 0 radical (unpaired) electrons. The summed E-state index contributed by atoms with van der Waals surface area (Å²) >= 11 is 0. The predicted molar refractivity (Wildman–Crippen MR) is 106 cm³/mol. The molecular weight excluding hydrogens is 361 g/mol. The number of aryl methyl sites for hydroxylation is 2. The Hall–Kier alpha value is -3.09. The lowest BCUT2D eigenvalue weighted by Gasteiger charge is -2.08. The predicted octanol–water partition coefficient (Wildman–Crippen LogP) is 2.94. The van der Waals surface area contributed by atoms with E-state index in [-0.39, 0.29) is 30.4 Å². The van der Waals surface area contributed by atoms with Gasteiger partial charge in [0.1, 0.15) is 18.2 Å². The van der Waals surface area contributed by atoms with Crippen LogP contribution in [-0.4, -0.2) is 28.2 Å². The van der Waals surface area contributed by atoms with Gasteiger partial charge in [0.15, 0.2) is 0 Å². The summed E-state index contributed by atoms with van der Waals surface area (Å²) in [5.74, 6) is -0.110. The van der Waals surface area contributed by atoms with E-state index in [0.29, 0.717) is 25.4 Å². The molecule has 1 aromatic heterocycles. The summed E-state index contributed by atoms with van der Waals surface area (Å²) in [6.45, 7) is 3.54. The first kappa shape index (κ1) is 19.7. The van der Waals surface area contributed by atoms with E-state index in [1.807, 2.05) is 31.2 Å². The van der Waals surface area contributed by atoms with Gasteiger partial charge in [0.05, 0.1) is 17.6 Å². The zero-order valence-corrected chi connectivity index (χ0v) is 15.9. The number of aromatic nitrogens is 2. The number of para-hydroxylation sites is 2. The van der Waals surface area contributed by atoms with E-state index in [2.05, 4.69) is 5.32 Å². The lowest BCUT2D eigenvalue weighted by molar-refractivity contribution is -0.121. The van der Waals surface area contributed by atoms with Gasteiger partial charge >= 0.3 is 5.69 Å². The molecule has 0 fully saturated rings. The minimum absolute atomic E-state index is 0.0923. The normalized spacial score (nSPS) is 10.9. The van der Waals surface area contributed by atoms with Crippen LogP contribution < -0.4 is 15.7 Å². The number of benzene rings is 2. The highest BCUT2D eigenvalue weighted by molar-refractivity contribution is 5.78. The monoisotopic (exact) mass is 385 g/mol. The number of halogens is 1. The van der Waals surface area contributed by atoms with Crippen molar-refractivity contribution in [3.05, 3.63) is 64.8 Å². The molecule has 1 N–H and O–H groups in total. The Kier molecular flexibility index (Phi) is 6.47. The lowest BCUT2D eigenvalue weighted by Crippen LogP contribution is -2.31. The summed E-state index contributed by atoms with van der Waals surface area (Å²) in [7, 11) is 0. The third kappa shape index (κ3) is 4.60. The molecule has 6 nitrogen and oxygen atoms in total. The number of nitrogens with zero attached hydrogens (tertiary/aromatic N) is 2. The molecule has 7 heteroatoms. The molecule has 0 saturated heterocycles. The van der Waals surface area contributed by atoms with Crippen molar-refractivity contribution in [1.82, 2.24) is 14.5 Å². The van der Waals surface area contributed by atoms with Gasteiger partial charge in [-0.3, -0.25) is 13.9 Å². The third-order valence-electron chi connectivity index (χ3n) is 4.42. The Labute approximate surface area is 162 Å². The Bertz CT molecular complexity index is 1010. The molecule has 0 aliphatic carbocycles. The first-order chi connectivity index (χ1) is 13.6. The number of nitrogens with one attached hydrogen (secondary N) is 1. The van der Waals surface area contributed by atoms with E-state index < -0.39 is 0 Å². The molecule has 0 unspecified atom stereocenters. The van der Waals surface area contributed by atoms with Crippen LogP contribution in [0.4, 0.5) is 4.39 Å². The maximum absolute atomic E-state index is 13.1. The van der Waals surface area contributed by atoms with Crippen LogP contribution >= 0.6 is 0 Å². The first-order valence-corrected chi connectivity index (χ1v) is 9.43. The highest BCUT2D eigenvalue weighted by Crippen LogP contribution is 2.14. The minimum atomic E-state index is -0.366. The Balaban J connectivity index is 1.53. The molecular formula is C21H24FN3O3. The molecule has 1 amide bonds. The highest BCUT2D eigenvalue weighted by atomic mass is 19.1. The smallest absolute Gasteiger partial charge is 0.329 e. The van der Waals surface area contributed by atoms with Gasteiger partial charge in [0.25, 0.3) is 0 Å². The fraction of sp³-hybridized carbons (Fsp3) is 0.333. The zero-order valence-electron chi connectivity index (χ0n) is 15.9. The molecule has 0 atom stereocenters. The van der Waals surface area contributed by atoms with E-state index in [9.17, 15) is 14.0 Å². The number of carbonyl (C=O) groups excluding carboxylic acids is 1. The van der Waals surface area contributed by atoms with Crippen molar-refractivity contribution >= 4 is 16.9 Å². The topological polar surface area (TPSA) is 65.3 Å². The second kappa shape index (κ2) is 9.21. The molecule has 2 aromatic carbocycles. The molecule has 3 aromatic rings. The maximum atomic E-state index is 13.1.